The van der Waals surface area contributed by atoms with Crippen molar-refractivity contribution < 1.29 is 9.53 Å². The number of rotatable bonds is 6. The number of carbonyl (C=O) groups is 1. The van der Waals surface area contributed by atoms with E-state index >= 15 is 0 Å². The standard InChI is InChI=1S/C25H21Cl2N7O3/c1-13-5-4-6-19(15(13)3)33-23-17(11-28-33)24(36)31-25(30-23)34-21(9-14(2)32-34)29-22(35)12-37-20-8-7-16(26)10-18(20)27/h4-11H,12H2,1-3H3,(H,29,35)(H,30,31,36). The van der Waals surface area contributed by atoms with Crippen LogP contribution in [0.1, 0.15) is 16.8 Å². The molecule has 2 aromatic carbocycles. The summed E-state index contributed by atoms with van der Waals surface area (Å²) < 4.78 is 8.48. The first-order valence-electron chi connectivity index (χ1n) is 11.2. The first-order valence-corrected chi connectivity index (χ1v) is 12.0. The smallest absolute Gasteiger partial charge is 0.263 e. The van der Waals surface area contributed by atoms with Gasteiger partial charge in [-0.15, -0.1) is 0 Å². The van der Waals surface area contributed by atoms with Crippen LogP contribution in [-0.4, -0.2) is 42.0 Å². The van der Waals surface area contributed by atoms with Crippen LogP contribution < -0.4 is 15.6 Å². The molecule has 2 N–H and O–H groups in total. The lowest BCUT2D eigenvalue weighted by Crippen LogP contribution is -2.23. The third kappa shape index (κ3) is 4.81. The maximum atomic E-state index is 12.9. The molecule has 0 radical (unpaired) electrons. The lowest BCUT2D eigenvalue weighted by molar-refractivity contribution is -0.118. The molecule has 0 fully saturated rings. The van der Waals surface area contributed by atoms with E-state index in [2.05, 4.69) is 25.5 Å². The molecule has 0 atom stereocenters. The SMILES string of the molecule is Cc1cc(NC(=O)COc2ccc(Cl)cc2Cl)n(-c2nc3c(cnn3-c3cccc(C)c3C)c(=O)[nH]2)n1. The van der Waals surface area contributed by atoms with E-state index in [1.54, 1.807) is 29.8 Å². The second-order valence-electron chi connectivity index (χ2n) is 8.40. The van der Waals surface area contributed by atoms with Gasteiger partial charge in [0.15, 0.2) is 12.3 Å². The number of hydrogen-bond donors (Lipinski definition) is 2. The summed E-state index contributed by atoms with van der Waals surface area (Å²) in [6.45, 7) is 5.43. The summed E-state index contributed by atoms with van der Waals surface area (Å²) in [7, 11) is 0. The molecule has 0 saturated carbocycles. The van der Waals surface area contributed by atoms with Crippen LogP contribution in [0, 0.1) is 20.8 Å². The van der Waals surface area contributed by atoms with E-state index in [9.17, 15) is 9.59 Å². The van der Waals surface area contributed by atoms with Crippen LogP contribution in [0.2, 0.25) is 10.0 Å². The topological polar surface area (TPSA) is 120 Å². The number of amides is 1. The van der Waals surface area contributed by atoms with Crippen LogP contribution in [0.25, 0.3) is 22.7 Å². The van der Waals surface area contributed by atoms with Crippen molar-refractivity contribution in [3.63, 3.8) is 0 Å². The number of H-pyrrole nitrogens is 1. The van der Waals surface area contributed by atoms with Crippen molar-refractivity contribution in [3.8, 4) is 17.4 Å². The molecule has 1 amide bonds. The van der Waals surface area contributed by atoms with Crippen LogP contribution in [0.4, 0.5) is 5.82 Å². The molecule has 12 heteroatoms. The second kappa shape index (κ2) is 9.72. The van der Waals surface area contributed by atoms with Gasteiger partial charge in [0.25, 0.3) is 11.5 Å². The largest absolute Gasteiger partial charge is 0.482 e. The monoisotopic (exact) mass is 537 g/mol. The van der Waals surface area contributed by atoms with Gasteiger partial charge in [-0.05, 0) is 56.2 Å². The van der Waals surface area contributed by atoms with Gasteiger partial charge in [-0.3, -0.25) is 14.6 Å². The number of nitrogens with zero attached hydrogens (tertiary/aromatic N) is 5. The minimum Gasteiger partial charge on any atom is -0.482 e. The van der Waals surface area contributed by atoms with Crippen molar-refractivity contribution in [1.82, 2.24) is 29.5 Å². The Morgan fingerprint density at radius 1 is 1.11 bits per heavy atom. The molecule has 3 heterocycles. The van der Waals surface area contributed by atoms with Crippen molar-refractivity contribution in [2.75, 3.05) is 11.9 Å². The molecule has 0 bridgehead atoms. The number of anilines is 1. The zero-order valence-corrected chi connectivity index (χ0v) is 21.6. The van der Waals surface area contributed by atoms with Crippen molar-refractivity contribution in [2.24, 2.45) is 0 Å². The number of aryl methyl sites for hydroxylation is 2. The van der Waals surface area contributed by atoms with Gasteiger partial charge in [0.1, 0.15) is 17.0 Å². The van der Waals surface area contributed by atoms with Gasteiger partial charge in [-0.2, -0.15) is 19.9 Å². The van der Waals surface area contributed by atoms with Crippen LogP contribution >= 0.6 is 23.2 Å². The Hall–Kier alpha value is -4.15. The molecule has 37 heavy (non-hydrogen) atoms. The zero-order chi connectivity index (χ0) is 26.3. The van der Waals surface area contributed by atoms with E-state index in [1.807, 2.05) is 32.0 Å². The van der Waals surface area contributed by atoms with Gasteiger partial charge in [0.2, 0.25) is 5.95 Å². The highest BCUT2D eigenvalue weighted by Crippen LogP contribution is 2.27. The lowest BCUT2D eigenvalue weighted by atomic mass is 10.1. The van der Waals surface area contributed by atoms with Crippen LogP contribution in [0.5, 0.6) is 5.75 Å². The molecule has 10 nitrogen and oxygen atoms in total. The van der Waals surface area contributed by atoms with Gasteiger partial charge in [-0.1, -0.05) is 35.3 Å². The van der Waals surface area contributed by atoms with Crippen molar-refractivity contribution in [3.05, 3.63) is 85.9 Å². The van der Waals surface area contributed by atoms with Gasteiger partial charge in [-0.25, -0.2) is 4.68 Å². The van der Waals surface area contributed by atoms with E-state index in [4.69, 9.17) is 27.9 Å². The molecule has 0 spiro atoms. The van der Waals surface area contributed by atoms with Crippen LogP contribution in [0.3, 0.4) is 0 Å². The highest BCUT2D eigenvalue weighted by Gasteiger charge is 2.18. The lowest BCUT2D eigenvalue weighted by Gasteiger charge is -2.11. The maximum Gasteiger partial charge on any atom is 0.263 e. The number of nitrogens with one attached hydrogen (secondary N) is 2. The molecule has 0 aliphatic heterocycles. The zero-order valence-electron chi connectivity index (χ0n) is 20.0. The molecule has 0 aliphatic rings. The average molecular weight is 538 g/mol. The number of carbonyl (C=O) groups excluding carboxylic acids is 1. The number of benzene rings is 2. The maximum absolute atomic E-state index is 12.9. The number of ether oxygens (including phenoxy) is 1. The molecule has 5 rings (SSSR count). The quantitative estimate of drug-likeness (QED) is 0.328. The Kier molecular flexibility index (Phi) is 6.45. The van der Waals surface area contributed by atoms with Gasteiger partial charge in [0, 0.05) is 11.1 Å². The van der Waals surface area contributed by atoms with Gasteiger partial charge < -0.3 is 10.1 Å². The van der Waals surface area contributed by atoms with Crippen molar-refractivity contribution in [2.45, 2.75) is 20.8 Å². The van der Waals surface area contributed by atoms with Gasteiger partial charge >= 0.3 is 0 Å². The fourth-order valence-corrected chi connectivity index (χ4v) is 4.28. The molecule has 0 aliphatic carbocycles. The Labute approximate surface area is 220 Å². The minimum absolute atomic E-state index is 0.120. The third-order valence-electron chi connectivity index (χ3n) is 5.78. The predicted octanol–water partition coefficient (Wildman–Crippen LogP) is 4.54. The summed E-state index contributed by atoms with van der Waals surface area (Å²) in [6, 6.07) is 12.2. The third-order valence-corrected chi connectivity index (χ3v) is 6.31. The molecule has 3 aromatic heterocycles. The number of halogens is 2. The van der Waals surface area contributed by atoms with Crippen molar-refractivity contribution in [1.29, 1.82) is 0 Å². The normalized spacial score (nSPS) is 11.2. The van der Waals surface area contributed by atoms with E-state index in [1.165, 1.54) is 16.9 Å². The highest BCUT2D eigenvalue weighted by molar-refractivity contribution is 6.35. The molecule has 188 valence electrons. The van der Waals surface area contributed by atoms with E-state index in [-0.39, 0.29) is 23.1 Å². The molecule has 0 unspecified atom stereocenters. The Morgan fingerprint density at radius 2 is 1.92 bits per heavy atom. The molecule has 0 saturated heterocycles. The Morgan fingerprint density at radius 3 is 2.70 bits per heavy atom. The number of hydrogen-bond acceptors (Lipinski definition) is 6. The Bertz CT molecular complexity index is 1720. The summed E-state index contributed by atoms with van der Waals surface area (Å²) in [5.41, 5.74) is 3.48. The first-order chi connectivity index (χ1) is 17.7. The first kappa shape index (κ1) is 24.5. The van der Waals surface area contributed by atoms with Gasteiger partial charge in [0.05, 0.1) is 22.6 Å². The molecule has 5 aromatic rings. The molecular formula is C25H21Cl2N7O3. The van der Waals surface area contributed by atoms with E-state index in [0.29, 0.717) is 33.3 Å². The summed E-state index contributed by atoms with van der Waals surface area (Å²) >= 11 is 12.0. The summed E-state index contributed by atoms with van der Waals surface area (Å²) in [5.74, 6) is 0.279. The number of aromatic amines is 1. The second-order valence-corrected chi connectivity index (χ2v) is 9.24. The summed E-state index contributed by atoms with van der Waals surface area (Å²) in [6.07, 6.45) is 1.48. The fourth-order valence-electron chi connectivity index (χ4n) is 3.81. The minimum atomic E-state index is -0.462. The molecular weight excluding hydrogens is 517 g/mol. The fraction of sp³-hybridized carbons (Fsp3) is 0.160. The highest BCUT2D eigenvalue weighted by atomic mass is 35.5. The Balaban J connectivity index is 1.47. The van der Waals surface area contributed by atoms with E-state index in [0.717, 1.165) is 16.8 Å². The summed E-state index contributed by atoms with van der Waals surface area (Å²) in [4.78, 5) is 32.9. The van der Waals surface area contributed by atoms with Crippen LogP contribution in [0.15, 0.2) is 53.5 Å². The summed E-state index contributed by atoms with van der Waals surface area (Å²) in [5, 5.41) is 12.6. The number of fused-ring (bicyclic) bond motifs is 1. The van der Waals surface area contributed by atoms with E-state index < -0.39 is 5.91 Å². The van der Waals surface area contributed by atoms with Crippen molar-refractivity contribution >= 4 is 46.0 Å². The van der Waals surface area contributed by atoms with Crippen LogP contribution in [-0.2, 0) is 4.79 Å². The number of aromatic nitrogens is 6. The predicted molar refractivity (Wildman–Crippen MR) is 141 cm³/mol. The average Bonchev–Trinajstić information content (AvgIpc) is 3.43.